The van der Waals surface area contributed by atoms with Crippen LogP contribution in [0.3, 0.4) is 0 Å². The molecule has 0 aromatic heterocycles. The topological polar surface area (TPSA) is 126 Å². The standard InChI is InChI=1S/C39H50N2O7S/c1-23(18-33(42)25(3)35-40-26(22-49-35)20-24(2)36(43)44)19-34(39(4,5)6)48-37(45)32-16-11-17-41(32)38(46)47-21-31-29-14-9-7-12-27(29)28-13-8-10-15-30(28)31/h7-10,12-15,20,23,25-26,31-34,42H,11,16-19,21-22H2,1-6H3,(H,43,44)/b24-20+/t23-,25-,26-,32-,33-,34-/m0/s1. The highest BCUT2D eigenvalue weighted by atomic mass is 32.2. The number of nitrogens with zero attached hydrogens (tertiary/aromatic N) is 2. The second-order valence-corrected chi connectivity index (χ2v) is 15.9. The van der Waals surface area contributed by atoms with E-state index in [9.17, 15) is 24.6 Å². The molecule has 0 saturated carbocycles. The SMILES string of the molecule is C/C(=C\[C@H]1CSC([C@@H](C)[C@@H](O)C[C@H](C)C[C@H](OC(=O)[C@@H]2CCCN2C(=O)OCC2c3ccccc3-c3ccccc32)C(C)(C)C)=N1)C(=O)O. The van der Waals surface area contributed by atoms with Gasteiger partial charge in [-0.1, -0.05) is 83.1 Å². The number of aliphatic hydroxyl groups excluding tert-OH is 1. The number of aliphatic imine (C=N–C) groups is 1. The van der Waals surface area contributed by atoms with E-state index in [2.05, 4.69) is 29.3 Å². The maximum absolute atomic E-state index is 13.7. The van der Waals surface area contributed by atoms with E-state index in [4.69, 9.17) is 9.47 Å². The summed E-state index contributed by atoms with van der Waals surface area (Å²) in [6, 6.07) is 15.5. The average molecular weight is 691 g/mol. The fraction of sp³-hybridized carbons (Fsp3) is 0.538. The number of aliphatic hydroxyl groups is 1. The summed E-state index contributed by atoms with van der Waals surface area (Å²) in [7, 11) is 0. The van der Waals surface area contributed by atoms with Gasteiger partial charge in [0.05, 0.1) is 17.2 Å². The van der Waals surface area contributed by atoms with Crippen molar-refractivity contribution in [3.63, 3.8) is 0 Å². The van der Waals surface area contributed by atoms with Crippen molar-refractivity contribution in [1.29, 1.82) is 0 Å². The Morgan fingerprint density at radius 3 is 2.29 bits per heavy atom. The molecule has 1 aliphatic carbocycles. The fourth-order valence-electron chi connectivity index (χ4n) is 7.05. The lowest BCUT2D eigenvalue weighted by atomic mass is 9.81. The van der Waals surface area contributed by atoms with E-state index in [1.807, 2.05) is 58.9 Å². The van der Waals surface area contributed by atoms with Gasteiger partial charge in [-0.15, -0.1) is 11.8 Å². The van der Waals surface area contributed by atoms with Crippen LogP contribution in [0, 0.1) is 17.3 Å². The van der Waals surface area contributed by atoms with E-state index in [1.165, 1.54) is 4.90 Å². The monoisotopic (exact) mass is 690 g/mol. The molecule has 0 spiro atoms. The summed E-state index contributed by atoms with van der Waals surface area (Å²) >= 11 is 1.56. The normalized spacial score (nSPS) is 21.7. The van der Waals surface area contributed by atoms with E-state index in [1.54, 1.807) is 24.8 Å². The minimum Gasteiger partial charge on any atom is -0.478 e. The molecule has 6 atom stereocenters. The Hall–Kier alpha value is -3.63. The van der Waals surface area contributed by atoms with Crippen LogP contribution in [0.2, 0.25) is 0 Å². The number of carbonyl (C=O) groups excluding carboxylic acids is 2. The fourth-order valence-corrected chi connectivity index (χ4v) is 8.19. The van der Waals surface area contributed by atoms with Crippen molar-refractivity contribution in [2.75, 3.05) is 18.9 Å². The third-order valence-electron chi connectivity index (χ3n) is 10.0. The molecule has 1 saturated heterocycles. The number of thioether (sulfide) groups is 1. The molecule has 0 unspecified atom stereocenters. The van der Waals surface area contributed by atoms with Gasteiger partial charge in [0.1, 0.15) is 18.8 Å². The molecule has 10 heteroatoms. The van der Waals surface area contributed by atoms with Crippen LogP contribution in [0.5, 0.6) is 0 Å². The van der Waals surface area contributed by atoms with Gasteiger partial charge in [0.15, 0.2) is 0 Å². The lowest BCUT2D eigenvalue weighted by Crippen LogP contribution is -2.45. The van der Waals surface area contributed by atoms with Crippen molar-refractivity contribution in [2.24, 2.45) is 22.2 Å². The predicted molar refractivity (Wildman–Crippen MR) is 193 cm³/mol. The molecule has 1 amide bonds. The number of aliphatic carboxylic acids is 1. The van der Waals surface area contributed by atoms with Crippen LogP contribution in [0.1, 0.15) is 84.3 Å². The minimum absolute atomic E-state index is 0.0354. The Balaban J connectivity index is 1.16. The number of carbonyl (C=O) groups is 3. The molecule has 2 aliphatic heterocycles. The summed E-state index contributed by atoms with van der Waals surface area (Å²) in [5.41, 5.74) is 4.49. The molecular formula is C39H50N2O7S. The zero-order chi connectivity index (χ0) is 35.5. The van der Waals surface area contributed by atoms with E-state index >= 15 is 0 Å². The smallest absolute Gasteiger partial charge is 0.410 e. The predicted octanol–water partition coefficient (Wildman–Crippen LogP) is 7.32. The molecule has 2 aromatic carbocycles. The van der Waals surface area contributed by atoms with Crippen LogP contribution >= 0.6 is 11.8 Å². The van der Waals surface area contributed by atoms with Crippen molar-refractivity contribution in [2.45, 2.75) is 97.4 Å². The van der Waals surface area contributed by atoms with Gasteiger partial charge in [0.25, 0.3) is 0 Å². The first-order valence-corrected chi connectivity index (χ1v) is 18.4. The summed E-state index contributed by atoms with van der Waals surface area (Å²) in [6.07, 6.45) is 2.35. The number of fused-ring (bicyclic) bond motifs is 3. The molecule has 1 fully saturated rings. The summed E-state index contributed by atoms with van der Waals surface area (Å²) in [5, 5.41) is 21.1. The van der Waals surface area contributed by atoms with Gasteiger partial charge >= 0.3 is 18.0 Å². The first-order valence-electron chi connectivity index (χ1n) is 17.4. The highest BCUT2D eigenvalue weighted by Gasteiger charge is 2.40. The van der Waals surface area contributed by atoms with Crippen molar-refractivity contribution in [3.05, 3.63) is 71.3 Å². The molecule has 2 heterocycles. The lowest BCUT2D eigenvalue weighted by molar-refractivity contribution is -0.161. The number of hydrogen-bond donors (Lipinski definition) is 2. The van der Waals surface area contributed by atoms with Gasteiger partial charge in [-0.2, -0.15) is 0 Å². The third kappa shape index (κ3) is 8.58. The van der Waals surface area contributed by atoms with Crippen LogP contribution in [-0.2, 0) is 19.1 Å². The second kappa shape index (κ2) is 15.5. The largest absolute Gasteiger partial charge is 0.478 e. The Morgan fingerprint density at radius 2 is 1.67 bits per heavy atom. The van der Waals surface area contributed by atoms with E-state index in [0.29, 0.717) is 38.0 Å². The first-order chi connectivity index (χ1) is 23.2. The Kier molecular flexibility index (Phi) is 11.6. The first kappa shape index (κ1) is 36.6. The van der Waals surface area contributed by atoms with Gasteiger partial charge in [-0.25, -0.2) is 14.4 Å². The molecule has 5 rings (SSSR count). The van der Waals surface area contributed by atoms with Gasteiger partial charge in [0.2, 0.25) is 0 Å². The molecule has 9 nitrogen and oxygen atoms in total. The molecule has 0 bridgehead atoms. The summed E-state index contributed by atoms with van der Waals surface area (Å²) in [5.74, 6) is -0.942. The number of esters is 1. The van der Waals surface area contributed by atoms with Crippen LogP contribution in [0.15, 0.2) is 65.2 Å². The average Bonchev–Trinajstić information content (AvgIpc) is 3.81. The maximum Gasteiger partial charge on any atom is 0.410 e. The second-order valence-electron chi connectivity index (χ2n) is 14.9. The Morgan fingerprint density at radius 1 is 1.04 bits per heavy atom. The van der Waals surface area contributed by atoms with Crippen LogP contribution in [0.4, 0.5) is 4.79 Å². The van der Waals surface area contributed by atoms with E-state index in [-0.39, 0.29) is 41.4 Å². The number of carboxylic acid groups (broad SMARTS) is 1. The number of carboxylic acids is 1. The molecular weight excluding hydrogens is 641 g/mol. The summed E-state index contributed by atoms with van der Waals surface area (Å²) in [6.45, 7) is 12.3. The summed E-state index contributed by atoms with van der Waals surface area (Å²) in [4.78, 5) is 44.5. The highest BCUT2D eigenvalue weighted by molar-refractivity contribution is 8.14. The number of ether oxygens (including phenoxy) is 2. The minimum atomic E-state index is -0.956. The van der Waals surface area contributed by atoms with Crippen LogP contribution < -0.4 is 0 Å². The number of hydrogen-bond acceptors (Lipinski definition) is 8. The number of benzene rings is 2. The molecule has 264 valence electrons. The molecule has 2 aromatic rings. The zero-order valence-electron chi connectivity index (χ0n) is 29.4. The van der Waals surface area contributed by atoms with Crippen LogP contribution in [0.25, 0.3) is 11.1 Å². The van der Waals surface area contributed by atoms with E-state index < -0.39 is 36.3 Å². The zero-order valence-corrected chi connectivity index (χ0v) is 30.2. The lowest BCUT2D eigenvalue weighted by Gasteiger charge is -2.34. The Bertz CT molecular complexity index is 1550. The van der Waals surface area contributed by atoms with Gasteiger partial charge in [-0.3, -0.25) is 9.89 Å². The number of likely N-dealkylation sites (tertiary alicyclic amines) is 1. The van der Waals surface area contributed by atoms with Crippen LogP contribution in [-0.4, -0.2) is 81.4 Å². The number of rotatable bonds is 12. The maximum atomic E-state index is 13.7. The van der Waals surface area contributed by atoms with Gasteiger partial charge < -0.3 is 19.7 Å². The van der Waals surface area contributed by atoms with Crippen molar-refractivity contribution < 1.29 is 34.1 Å². The van der Waals surface area contributed by atoms with Gasteiger partial charge in [0, 0.05) is 29.7 Å². The molecule has 2 N–H and O–H groups in total. The van der Waals surface area contributed by atoms with Crippen molar-refractivity contribution >= 4 is 34.8 Å². The highest BCUT2D eigenvalue weighted by Crippen LogP contribution is 2.44. The van der Waals surface area contributed by atoms with Crippen molar-refractivity contribution in [1.82, 2.24) is 4.90 Å². The van der Waals surface area contributed by atoms with E-state index in [0.717, 1.165) is 27.3 Å². The quantitative estimate of drug-likeness (QED) is 0.175. The Labute approximate surface area is 294 Å². The number of amides is 1. The molecule has 49 heavy (non-hydrogen) atoms. The van der Waals surface area contributed by atoms with Gasteiger partial charge in [-0.05, 0) is 72.3 Å². The molecule has 0 radical (unpaired) electrons. The summed E-state index contributed by atoms with van der Waals surface area (Å²) < 4.78 is 12.1. The molecule has 3 aliphatic rings. The van der Waals surface area contributed by atoms with Crippen molar-refractivity contribution in [3.8, 4) is 11.1 Å². The third-order valence-corrected chi connectivity index (χ3v) is 11.3.